The molecule has 0 saturated carbocycles. The molecule has 0 unspecified atom stereocenters. The van der Waals surface area contributed by atoms with E-state index >= 15 is 0 Å². The highest BCUT2D eigenvalue weighted by Gasteiger charge is 2.10. The van der Waals surface area contributed by atoms with Crippen molar-refractivity contribution < 1.29 is 13.3 Å². The highest BCUT2D eigenvalue weighted by Crippen LogP contribution is 2.32. The van der Waals surface area contributed by atoms with Crippen molar-refractivity contribution in [1.29, 1.82) is 0 Å². The van der Waals surface area contributed by atoms with E-state index in [1.165, 1.54) is 78.2 Å². The van der Waals surface area contributed by atoms with Crippen molar-refractivity contribution in [2.24, 2.45) is 0 Å². The van der Waals surface area contributed by atoms with Crippen LogP contribution in [0.4, 0.5) is 0 Å². The highest BCUT2D eigenvalue weighted by molar-refractivity contribution is 6.06. The van der Waals surface area contributed by atoms with Gasteiger partial charge in [0.05, 0.1) is 33.8 Å². The molecule has 0 spiro atoms. The molecule has 14 aromatic carbocycles. The Balaban J connectivity index is 0.000000108. The lowest BCUT2D eigenvalue weighted by atomic mass is 10.1. The molecule has 0 atom stereocenters. The van der Waals surface area contributed by atoms with E-state index in [9.17, 15) is 0 Å². The summed E-state index contributed by atoms with van der Waals surface area (Å²) < 4.78 is 17.0. The van der Waals surface area contributed by atoms with Crippen LogP contribution < -0.4 is 0 Å². The van der Waals surface area contributed by atoms with Crippen molar-refractivity contribution in [3.8, 4) is 56.7 Å². The maximum absolute atomic E-state index is 5.65. The minimum atomic E-state index is 0.699. The predicted octanol–water partition coefficient (Wildman–Crippen LogP) is 28.1. The average molecular weight is 1730 g/mol. The van der Waals surface area contributed by atoms with Gasteiger partial charge in [0.15, 0.2) is 11.6 Å². The summed E-state index contributed by atoms with van der Waals surface area (Å²) in [5, 5.41) is 14.3. The fourth-order valence-electron chi connectivity index (χ4n) is 13.9. The van der Waals surface area contributed by atoms with E-state index < -0.39 is 0 Å². The summed E-state index contributed by atoms with van der Waals surface area (Å²) >= 11 is 0. The Hall–Kier alpha value is -18.6. The van der Waals surface area contributed by atoms with Crippen LogP contribution >= 0.6 is 0 Å². The number of aromatic nitrogens is 15. The van der Waals surface area contributed by atoms with E-state index in [4.69, 9.17) is 13.3 Å². The first-order chi connectivity index (χ1) is 66.0. The second kappa shape index (κ2) is 47.1. The first-order valence-corrected chi connectivity index (χ1v) is 42.8. The van der Waals surface area contributed by atoms with Crippen LogP contribution in [-0.2, 0) is 0 Å². The Morgan fingerprint density at radius 2 is 0.459 bits per heavy atom. The van der Waals surface area contributed by atoms with E-state index in [-0.39, 0.29) is 0 Å². The van der Waals surface area contributed by atoms with Gasteiger partial charge < -0.3 is 13.3 Å². The first-order valence-electron chi connectivity index (χ1n) is 42.8. The van der Waals surface area contributed by atoms with Gasteiger partial charge in [-0.2, -0.15) is 0 Å². The number of hydrogen-bond donors (Lipinski definition) is 0. The van der Waals surface area contributed by atoms with E-state index in [0.29, 0.717) is 11.6 Å². The number of benzene rings is 14. The van der Waals surface area contributed by atoms with Gasteiger partial charge in [-0.15, -0.1) is 0 Å². The van der Waals surface area contributed by atoms with Gasteiger partial charge in [0, 0.05) is 115 Å². The molecule has 0 aliphatic rings. The van der Waals surface area contributed by atoms with E-state index in [2.05, 4.69) is 172 Å². The third-order valence-electron chi connectivity index (χ3n) is 20.3. The van der Waals surface area contributed by atoms with Gasteiger partial charge in [-0.25, -0.2) is 49.8 Å². The second-order valence-electron chi connectivity index (χ2n) is 29.1. The minimum absolute atomic E-state index is 0.699. The van der Waals surface area contributed by atoms with Crippen LogP contribution in [0.15, 0.2) is 532 Å². The monoisotopic (exact) mass is 1720 g/mol. The van der Waals surface area contributed by atoms with E-state index in [1.54, 1.807) is 31.4 Å². The van der Waals surface area contributed by atoms with Crippen LogP contribution in [0.1, 0.15) is 0 Å². The van der Waals surface area contributed by atoms with Crippen LogP contribution in [-0.4, -0.2) is 74.8 Å². The Morgan fingerprint density at radius 3 is 0.820 bits per heavy atom. The third kappa shape index (κ3) is 25.0. The normalized spacial score (nSPS) is 10.3. The van der Waals surface area contributed by atoms with Crippen molar-refractivity contribution in [2.45, 2.75) is 0 Å². The Kier molecular flexibility index (Phi) is 31.2. The topological polar surface area (TPSA) is 233 Å². The quantitative estimate of drug-likeness (QED) is 0.156. The van der Waals surface area contributed by atoms with Gasteiger partial charge in [-0.1, -0.05) is 334 Å². The number of para-hydroxylation sites is 8. The van der Waals surface area contributed by atoms with E-state index in [1.807, 2.05) is 371 Å². The molecule has 12 heterocycles. The SMILES string of the molecule is c1ccc(-c2cc(-c3ccccc3)ncn2)cc1.c1ccc(-c2ccccn2)nc1.c1ccc(-c2ncnc(-c3ccccc3)n2)cc1.c1ccc2c(c1)oc1ccccc12.c1ccc2c(c1)oc1ccccc12.c1ccc2c(c1)oc1ccccc12.c1ccc2cnccc2c1.c1ccc2cnccc2c1.c1ccc2ncccc2c1.c1ccc2ncncc2c1.c1ncncn1. The Labute approximate surface area is 767 Å². The lowest BCUT2D eigenvalue weighted by Gasteiger charge is -2.03. The molecular weight excluding hydrogens is 1640 g/mol. The molecule has 26 rings (SSSR count). The Bertz CT molecular complexity index is 6750. The summed E-state index contributed by atoms with van der Waals surface area (Å²) in [4.78, 5) is 60.8. The zero-order valence-corrected chi connectivity index (χ0v) is 72.0. The second-order valence-corrected chi connectivity index (χ2v) is 29.1. The largest absolute Gasteiger partial charge is 0.456 e. The fourth-order valence-corrected chi connectivity index (χ4v) is 13.9. The van der Waals surface area contributed by atoms with Crippen molar-refractivity contribution in [3.05, 3.63) is 518 Å². The van der Waals surface area contributed by atoms with Gasteiger partial charge in [-0.05, 0) is 119 Å². The maximum Gasteiger partial charge on any atom is 0.163 e. The molecular formula is C115H85N15O3. The van der Waals surface area contributed by atoms with Gasteiger partial charge >= 0.3 is 0 Å². The number of rotatable bonds is 5. The van der Waals surface area contributed by atoms with Gasteiger partial charge in [0.1, 0.15) is 71.5 Å². The van der Waals surface area contributed by atoms with Crippen LogP contribution in [0, 0.1) is 0 Å². The highest BCUT2D eigenvalue weighted by atomic mass is 16.3. The number of pyridine rings is 5. The number of fused-ring (bicyclic) bond motifs is 13. The lowest BCUT2D eigenvalue weighted by molar-refractivity contribution is 0.668. The predicted molar refractivity (Wildman–Crippen MR) is 537 cm³/mol. The summed E-state index contributed by atoms with van der Waals surface area (Å²) in [5.74, 6) is 1.40. The zero-order valence-electron chi connectivity index (χ0n) is 72.0. The van der Waals surface area contributed by atoms with Gasteiger partial charge in [-0.3, -0.25) is 24.9 Å². The molecule has 0 amide bonds. The molecule has 0 aliphatic heterocycles. The standard InChI is InChI=1S/C16H12N2.C15H11N3.3C12H8O.C10H8N2.3C9H7N.C8H6N2.C3H3N3/c1-3-7-13(8-4-1)15-11-16(18-12-17-15)14-9-5-2-6-10-14;1-3-7-12(8-4-1)14-16-11-17-15(18-14)13-9-5-2-6-10-13;3*1-3-7-11-9(5-1)10-6-2-4-8-12(10)13-11;1-3-7-11-9(5-1)10-6-2-4-8-12-10;1-2-6-9-8(4-1)5-3-7-10-9;2*1-2-4-9-7-10-6-5-8(9)3-1;1-2-4-8-7(3-1)5-9-6-10-8;1-4-2-6-3-5-1/h1-12H;1-11H;3*1-8H;1-8H;3*1-7H;1-6H;1-3H. The van der Waals surface area contributed by atoms with Gasteiger partial charge in [0.25, 0.3) is 0 Å². The molecule has 638 valence electrons. The van der Waals surface area contributed by atoms with Crippen LogP contribution in [0.5, 0.6) is 0 Å². The smallest absolute Gasteiger partial charge is 0.163 e. The van der Waals surface area contributed by atoms with Crippen molar-refractivity contribution in [3.63, 3.8) is 0 Å². The Morgan fingerprint density at radius 1 is 0.158 bits per heavy atom. The van der Waals surface area contributed by atoms with E-state index in [0.717, 1.165) is 94.9 Å². The number of furan rings is 3. The number of hydrogen-bond acceptors (Lipinski definition) is 18. The zero-order chi connectivity index (χ0) is 90.2. The fraction of sp³-hybridized carbons (Fsp3) is 0. The van der Waals surface area contributed by atoms with Crippen LogP contribution in [0.3, 0.4) is 0 Å². The van der Waals surface area contributed by atoms with Crippen molar-refractivity contribution in [1.82, 2.24) is 74.8 Å². The first kappa shape index (κ1) is 87.9. The molecule has 12 aromatic heterocycles. The van der Waals surface area contributed by atoms with Gasteiger partial charge in [0.2, 0.25) is 0 Å². The summed E-state index contributed by atoms with van der Waals surface area (Å²) in [7, 11) is 0. The molecule has 0 saturated heterocycles. The maximum atomic E-state index is 5.65. The lowest BCUT2D eigenvalue weighted by Crippen LogP contribution is -1.94. The summed E-state index contributed by atoms with van der Waals surface area (Å²) in [5.41, 5.74) is 15.8. The summed E-state index contributed by atoms with van der Waals surface area (Å²) in [6.45, 7) is 0. The summed E-state index contributed by atoms with van der Waals surface area (Å²) in [6.07, 6.45) is 23.5. The van der Waals surface area contributed by atoms with Crippen LogP contribution in [0.25, 0.3) is 166 Å². The van der Waals surface area contributed by atoms with Crippen LogP contribution in [0.2, 0.25) is 0 Å². The molecule has 133 heavy (non-hydrogen) atoms. The average Bonchev–Trinajstić information content (AvgIpc) is 1.66. The third-order valence-corrected chi connectivity index (χ3v) is 20.3. The molecule has 18 heteroatoms. The molecule has 0 bridgehead atoms. The number of nitrogens with zero attached hydrogens (tertiary/aromatic N) is 15. The molecule has 0 fully saturated rings. The molecule has 0 N–H and O–H groups in total. The molecule has 26 aromatic rings. The molecule has 18 nitrogen and oxygen atoms in total. The summed E-state index contributed by atoms with van der Waals surface area (Å²) in [6, 6.07) is 143. The van der Waals surface area contributed by atoms with Crippen molar-refractivity contribution >= 4 is 109 Å². The minimum Gasteiger partial charge on any atom is -0.456 e. The molecule has 0 radical (unpaired) electrons. The van der Waals surface area contributed by atoms with Crippen molar-refractivity contribution in [2.75, 3.05) is 0 Å². The molecule has 0 aliphatic carbocycles.